The molecule has 2 saturated heterocycles. The number of hydrogen-bond donors (Lipinski definition) is 1. The zero-order valence-corrected chi connectivity index (χ0v) is 16.9. The number of halogens is 5. The molecule has 0 unspecified atom stereocenters. The van der Waals surface area contributed by atoms with E-state index in [4.69, 9.17) is 9.47 Å². The lowest BCUT2D eigenvalue weighted by Crippen LogP contribution is -2.55. The lowest BCUT2D eigenvalue weighted by atomic mass is 9.90. The van der Waals surface area contributed by atoms with Crippen molar-refractivity contribution in [2.24, 2.45) is 0 Å². The van der Waals surface area contributed by atoms with E-state index in [1.807, 2.05) is 0 Å². The summed E-state index contributed by atoms with van der Waals surface area (Å²) in [5.74, 6) is -0.500. The SMILES string of the molecule is Cl.Fc1cccc(Oc2cc(C(F)(F)F)cc(N3CCC4(CC3)CNCCO4)n2)c1. The van der Waals surface area contributed by atoms with Crippen LogP contribution in [-0.2, 0) is 10.9 Å². The number of aromatic nitrogens is 1. The van der Waals surface area contributed by atoms with E-state index in [-0.39, 0.29) is 35.5 Å². The van der Waals surface area contributed by atoms with Crippen LogP contribution in [0.3, 0.4) is 0 Å². The topological polar surface area (TPSA) is 46.6 Å². The average Bonchev–Trinajstić information content (AvgIpc) is 2.68. The largest absolute Gasteiger partial charge is 0.439 e. The van der Waals surface area contributed by atoms with E-state index in [0.29, 0.717) is 32.5 Å². The van der Waals surface area contributed by atoms with Crippen molar-refractivity contribution in [2.75, 3.05) is 37.7 Å². The van der Waals surface area contributed by atoms with Crippen molar-refractivity contribution in [3.63, 3.8) is 0 Å². The van der Waals surface area contributed by atoms with Gasteiger partial charge in [0, 0.05) is 38.3 Å². The Balaban J connectivity index is 0.00000256. The molecule has 2 fully saturated rings. The summed E-state index contributed by atoms with van der Waals surface area (Å²) in [7, 11) is 0. The van der Waals surface area contributed by atoms with Crippen LogP contribution in [0.2, 0.25) is 0 Å². The molecule has 1 aromatic heterocycles. The third-order valence-corrected chi connectivity index (χ3v) is 5.27. The van der Waals surface area contributed by atoms with Gasteiger partial charge in [-0.1, -0.05) is 6.07 Å². The number of alkyl halides is 3. The van der Waals surface area contributed by atoms with Crippen LogP contribution in [0.1, 0.15) is 18.4 Å². The minimum absolute atomic E-state index is 0. The second kappa shape index (κ2) is 8.95. The molecule has 1 aromatic carbocycles. The Kier molecular flexibility index (Phi) is 6.74. The van der Waals surface area contributed by atoms with Crippen molar-refractivity contribution in [3.8, 4) is 11.6 Å². The highest BCUT2D eigenvalue weighted by atomic mass is 35.5. The predicted octanol–water partition coefficient (Wildman–Crippen LogP) is 4.41. The zero-order chi connectivity index (χ0) is 20.5. The van der Waals surface area contributed by atoms with E-state index in [1.165, 1.54) is 18.2 Å². The van der Waals surface area contributed by atoms with Gasteiger partial charge in [-0.05, 0) is 31.0 Å². The Morgan fingerprint density at radius 1 is 1.13 bits per heavy atom. The summed E-state index contributed by atoms with van der Waals surface area (Å²) in [4.78, 5) is 6.06. The third-order valence-electron chi connectivity index (χ3n) is 5.27. The van der Waals surface area contributed by atoms with Crippen molar-refractivity contribution in [2.45, 2.75) is 24.6 Å². The van der Waals surface area contributed by atoms with Crippen LogP contribution in [0.25, 0.3) is 0 Å². The highest BCUT2D eigenvalue weighted by Gasteiger charge is 2.38. The van der Waals surface area contributed by atoms with E-state index < -0.39 is 17.6 Å². The van der Waals surface area contributed by atoms with Gasteiger partial charge in [0.2, 0.25) is 5.88 Å². The molecule has 2 aliphatic heterocycles. The summed E-state index contributed by atoms with van der Waals surface area (Å²) in [5, 5.41) is 3.31. The normalized spacial score (nSPS) is 18.7. The fourth-order valence-corrected chi connectivity index (χ4v) is 3.69. The molecule has 0 bridgehead atoms. The summed E-state index contributed by atoms with van der Waals surface area (Å²) >= 11 is 0. The van der Waals surface area contributed by atoms with E-state index in [9.17, 15) is 17.6 Å². The van der Waals surface area contributed by atoms with E-state index in [1.54, 1.807) is 4.90 Å². The molecule has 0 amide bonds. The maximum Gasteiger partial charge on any atom is 0.416 e. The molecule has 2 aromatic rings. The van der Waals surface area contributed by atoms with Crippen LogP contribution in [0.5, 0.6) is 11.6 Å². The number of nitrogens with one attached hydrogen (secondary N) is 1. The van der Waals surface area contributed by atoms with Crippen molar-refractivity contribution < 1.29 is 27.0 Å². The van der Waals surface area contributed by atoms with E-state index in [2.05, 4.69) is 10.3 Å². The number of nitrogens with zero attached hydrogens (tertiary/aromatic N) is 2. The first-order chi connectivity index (χ1) is 13.8. The second-order valence-corrected chi connectivity index (χ2v) is 7.30. The smallest absolute Gasteiger partial charge is 0.416 e. The molecule has 164 valence electrons. The van der Waals surface area contributed by atoms with Gasteiger partial charge in [-0.25, -0.2) is 4.39 Å². The van der Waals surface area contributed by atoms with Gasteiger partial charge in [0.25, 0.3) is 0 Å². The second-order valence-electron chi connectivity index (χ2n) is 7.30. The Morgan fingerprint density at radius 3 is 2.53 bits per heavy atom. The molecular formula is C20H22ClF4N3O2. The molecule has 3 heterocycles. The molecule has 4 rings (SSSR count). The van der Waals surface area contributed by atoms with Crippen LogP contribution in [0.15, 0.2) is 36.4 Å². The molecule has 0 saturated carbocycles. The Labute approximate surface area is 177 Å². The van der Waals surface area contributed by atoms with E-state index >= 15 is 0 Å². The molecule has 1 spiro atoms. The first-order valence-electron chi connectivity index (χ1n) is 9.45. The molecule has 5 nitrogen and oxygen atoms in total. The lowest BCUT2D eigenvalue weighted by Gasteiger charge is -2.44. The molecule has 0 atom stereocenters. The van der Waals surface area contributed by atoms with Gasteiger partial charge in [0.1, 0.15) is 17.4 Å². The number of piperidine rings is 1. The number of hydrogen-bond acceptors (Lipinski definition) is 5. The summed E-state index contributed by atoms with van der Waals surface area (Å²) in [6.45, 7) is 3.23. The van der Waals surface area contributed by atoms with Gasteiger partial charge >= 0.3 is 6.18 Å². The van der Waals surface area contributed by atoms with E-state index in [0.717, 1.165) is 31.3 Å². The van der Waals surface area contributed by atoms with Crippen LogP contribution >= 0.6 is 12.4 Å². The number of rotatable bonds is 3. The van der Waals surface area contributed by atoms with Crippen LogP contribution in [-0.4, -0.2) is 43.4 Å². The molecule has 1 N–H and O–H groups in total. The number of benzene rings is 1. The monoisotopic (exact) mass is 447 g/mol. The standard InChI is InChI=1S/C20H21F4N3O2.ClH/c21-15-2-1-3-16(12-15)29-18-11-14(20(22,23)24)10-17(26-18)27-7-4-19(5-8-27)13-25-6-9-28-19;/h1-3,10-12,25H,4-9,13H2;1H. The summed E-state index contributed by atoms with van der Waals surface area (Å²) in [5.41, 5.74) is -1.12. The predicted molar refractivity (Wildman–Crippen MR) is 106 cm³/mol. The van der Waals surface area contributed by atoms with Gasteiger partial charge in [0.05, 0.1) is 17.8 Å². The first-order valence-corrected chi connectivity index (χ1v) is 9.45. The number of anilines is 1. The molecule has 2 aliphatic rings. The first kappa shape index (κ1) is 22.6. The molecule has 0 radical (unpaired) electrons. The maximum atomic E-state index is 13.4. The Bertz CT molecular complexity index is 865. The van der Waals surface area contributed by atoms with Crippen molar-refractivity contribution in [1.29, 1.82) is 0 Å². The lowest BCUT2D eigenvalue weighted by molar-refractivity contribution is -0.137. The molecular weight excluding hydrogens is 426 g/mol. The molecule has 30 heavy (non-hydrogen) atoms. The molecule has 0 aliphatic carbocycles. The van der Waals surface area contributed by atoms with Gasteiger partial charge in [-0.2, -0.15) is 18.2 Å². The minimum Gasteiger partial charge on any atom is -0.439 e. The summed E-state index contributed by atoms with van der Waals surface area (Å²) < 4.78 is 65.0. The maximum absolute atomic E-state index is 13.4. The number of ether oxygens (including phenoxy) is 2. The van der Waals surface area contributed by atoms with Crippen molar-refractivity contribution >= 4 is 18.2 Å². The fourth-order valence-electron chi connectivity index (χ4n) is 3.69. The minimum atomic E-state index is -4.55. The van der Waals surface area contributed by atoms with Crippen LogP contribution in [0.4, 0.5) is 23.4 Å². The Morgan fingerprint density at radius 2 is 1.90 bits per heavy atom. The van der Waals surface area contributed by atoms with Crippen LogP contribution < -0.4 is 15.0 Å². The molecule has 10 heteroatoms. The quantitative estimate of drug-likeness (QED) is 0.706. The van der Waals surface area contributed by atoms with Gasteiger partial charge in [-0.3, -0.25) is 0 Å². The van der Waals surface area contributed by atoms with Crippen molar-refractivity contribution in [1.82, 2.24) is 10.3 Å². The summed E-state index contributed by atoms with van der Waals surface area (Å²) in [6.07, 6.45) is -3.17. The summed E-state index contributed by atoms with van der Waals surface area (Å²) in [6, 6.07) is 7.05. The highest BCUT2D eigenvalue weighted by Crippen LogP contribution is 2.36. The highest BCUT2D eigenvalue weighted by molar-refractivity contribution is 5.85. The Hall–Kier alpha value is -2.10. The van der Waals surface area contributed by atoms with Gasteiger partial charge in [-0.15, -0.1) is 12.4 Å². The van der Waals surface area contributed by atoms with Crippen molar-refractivity contribution in [3.05, 3.63) is 47.8 Å². The van der Waals surface area contributed by atoms with Gasteiger partial charge < -0.3 is 19.7 Å². The number of morpholine rings is 1. The van der Waals surface area contributed by atoms with Crippen LogP contribution in [0, 0.1) is 5.82 Å². The fraction of sp³-hybridized carbons (Fsp3) is 0.450. The van der Waals surface area contributed by atoms with Gasteiger partial charge in [0.15, 0.2) is 0 Å². The third kappa shape index (κ3) is 5.14. The number of pyridine rings is 1. The average molecular weight is 448 g/mol. The zero-order valence-electron chi connectivity index (χ0n) is 16.0.